The summed E-state index contributed by atoms with van der Waals surface area (Å²) in [5.74, 6) is 0. The van der Waals surface area contributed by atoms with Crippen LogP contribution in [0.1, 0.15) is 11.1 Å². The fourth-order valence-corrected chi connectivity index (χ4v) is 3.85. The standard InChI is InChI=1S/C23H18N2O/c1-15-6-5-7-17(12-15)21-22-19-10-9-16(2)13-20(19)23(26)25(22)14-18-8-3-4-11-24(18)21/h3-14H,1-2H3. The van der Waals surface area contributed by atoms with Gasteiger partial charge in [-0.3, -0.25) is 9.36 Å². The Labute approximate surface area is 151 Å². The zero-order valence-corrected chi connectivity index (χ0v) is 14.7. The molecule has 3 heteroatoms. The van der Waals surface area contributed by atoms with E-state index in [9.17, 15) is 4.79 Å². The fourth-order valence-electron chi connectivity index (χ4n) is 3.85. The number of aryl methyl sites for hydroxylation is 2. The first kappa shape index (κ1) is 15.0. The fraction of sp³-hybridized carbons (Fsp3) is 0.0870. The van der Waals surface area contributed by atoms with Crippen LogP contribution in [0.3, 0.4) is 0 Å². The van der Waals surface area contributed by atoms with E-state index in [-0.39, 0.29) is 5.56 Å². The number of benzene rings is 2. The summed E-state index contributed by atoms with van der Waals surface area (Å²) in [5.41, 5.74) is 6.44. The highest BCUT2D eigenvalue weighted by Gasteiger charge is 2.21. The van der Waals surface area contributed by atoms with Gasteiger partial charge in [-0.1, -0.05) is 47.5 Å². The quantitative estimate of drug-likeness (QED) is 0.424. The van der Waals surface area contributed by atoms with Crippen LogP contribution < -0.4 is 5.56 Å². The lowest BCUT2D eigenvalue weighted by atomic mass is 10.0. The summed E-state index contributed by atoms with van der Waals surface area (Å²) in [6.07, 6.45) is 4.00. The lowest BCUT2D eigenvalue weighted by Gasteiger charge is -2.17. The summed E-state index contributed by atoms with van der Waals surface area (Å²) in [7, 11) is 0. The molecule has 0 N–H and O–H groups in total. The highest BCUT2D eigenvalue weighted by Crippen LogP contribution is 2.34. The van der Waals surface area contributed by atoms with Gasteiger partial charge in [-0.15, -0.1) is 0 Å². The Balaban J connectivity index is 2.07. The SMILES string of the molecule is Cc1cccc(-c2c3c4ccc(C)cc4c(=O)n-3cc3ccccn23)c1. The number of fused-ring (bicyclic) bond motifs is 4. The number of pyridine rings is 1. The molecule has 0 atom stereocenters. The highest BCUT2D eigenvalue weighted by atomic mass is 16.1. The smallest absolute Gasteiger partial charge is 0.263 e. The van der Waals surface area contributed by atoms with Gasteiger partial charge in [0.25, 0.3) is 5.56 Å². The molecule has 0 spiro atoms. The van der Waals surface area contributed by atoms with Gasteiger partial charge in [-0.05, 0) is 38.1 Å². The first-order valence-corrected chi connectivity index (χ1v) is 8.75. The molecule has 0 amide bonds. The van der Waals surface area contributed by atoms with Gasteiger partial charge in [0, 0.05) is 28.7 Å². The Bertz CT molecular complexity index is 1320. The summed E-state index contributed by atoms with van der Waals surface area (Å²) >= 11 is 0. The molecular weight excluding hydrogens is 320 g/mol. The van der Waals surface area contributed by atoms with Gasteiger partial charge in [0.15, 0.2) is 0 Å². The lowest BCUT2D eigenvalue weighted by Crippen LogP contribution is -2.14. The summed E-state index contributed by atoms with van der Waals surface area (Å²) < 4.78 is 3.97. The monoisotopic (exact) mass is 338 g/mol. The maximum absolute atomic E-state index is 13.1. The van der Waals surface area contributed by atoms with E-state index in [1.54, 1.807) is 4.57 Å². The Morgan fingerprint density at radius 1 is 0.808 bits per heavy atom. The third kappa shape index (κ3) is 2.04. The predicted molar refractivity (Wildman–Crippen MR) is 107 cm³/mol. The van der Waals surface area contributed by atoms with Crippen molar-refractivity contribution in [2.24, 2.45) is 0 Å². The molecule has 0 aliphatic carbocycles. The molecule has 0 saturated carbocycles. The Kier molecular flexibility index (Phi) is 3.07. The van der Waals surface area contributed by atoms with Gasteiger partial charge in [0.1, 0.15) is 0 Å². The molecule has 0 radical (unpaired) electrons. The topological polar surface area (TPSA) is 26.4 Å². The van der Waals surface area contributed by atoms with E-state index >= 15 is 0 Å². The van der Waals surface area contributed by atoms with Crippen molar-refractivity contribution >= 4 is 16.3 Å². The number of hydrogen-bond donors (Lipinski definition) is 0. The minimum atomic E-state index is 0.0407. The third-order valence-corrected chi connectivity index (χ3v) is 5.03. The minimum absolute atomic E-state index is 0.0407. The van der Waals surface area contributed by atoms with Crippen LogP contribution in [0, 0.1) is 13.8 Å². The van der Waals surface area contributed by atoms with Gasteiger partial charge < -0.3 is 4.40 Å². The second-order valence-corrected chi connectivity index (χ2v) is 6.92. The van der Waals surface area contributed by atoms with Gasteiger partial charge in [0.05, 0.1) is 16.9 Å². The van der Waals surface area contributed by atoms with Gasteiger partial charge in [-0.2, -0.15) is 0 Å². The van der Waals surface area contributed by atoms with Crippen molar-refractivity contribution in [1.29, 1.82) is 0 Å². The predicted octanol–water partition coefficient (Wildman–Crippen LogP) is 4.97. The number of nitrogens with zero attached hydrogens (tertiary/aromatic N) is 2. The van der Waals surface area contributed by atoms with Gasteiger partial charge in [-0.25, -0.2) is 0 Å². The molecule has 2 aliphatic heterocycles. The van der Waals surface area contributed by atoms with E-state index in [0.29, 0.717) is 0 Å². The van der Waals surface area contributed by atoms with Crippen molar-refractivity contribution in [3.63, 3.8) is 0 Å². The lowest BCUT2D eigenvalue weighted by molar-refractivity contribution is 0.990. The van der Waals surface area contributed by atoms with E-state index in [0.717, 1.165) is 38.8 Å². The number of hydrogen-bond acceptors (Lipinski definition) is 1. The molecular formula is C23H18N2O. The van der Waals surface area contributed by atoms with Crippen LogP contribution in [0.4, 0.5) is 0 Å². The van der Waals surface area contributed by atoms with Crippen LogP contribution in [0.2, 0.25) is 0 Å². The average Bonchev–Trinajstić information content (AvgIpc) is 2.91. The van der Waals surface area contributed by atoms with E-state index < -0.39 is 0 Å². The summed E-state index contributed by atoms with van der Waals surface area (Å²) in [6, 6.07) is 20.6. The van der Waals surface area contributed by atoms with Crippen LogP contribution in [0.15, 0.2) is 77.9 Å². The number of rotatable bonds is 1. The summed E-state index contributed by atoms with van der Waals surface area (Å²) in [4.78, 5) is 13.1. The van der Waals surface area contributed by atoms with Gasteiger partial charge >= 0.3 is 0 Å². The van der Waals surface area contributed by atoms with Crippen molar-refractivity contribution in [3.05, 3.63) is 94.5 Å². The molecule has 1 aromatic heterocycles. The molecule has 26 heavy (non-hydrogen) atoms. The summed E-state index contributed by atoms with van der Waals surface area (Å²) in [5, 5.41) is 1.77. The molecule has 3 heterocycles. The van der Waals surface area contributed by atoms with Crippen molar-refractivity contribution < 1.29 is 0 Å². The van der Waals surface area contributed by atoms with E-state index in [1.807, 2.05) is 37.4 Å². The molecule has 0 saturated heterocycles. The highest BCUT2D eigenvalue weighted by molar-refractivity contribution is 5.98. The van der Waals surface area contributed by atoms with Gasteiger partial charge in [0.2, 0.25) is 0 Å². The molecule has 126 valence electrons. The van der Waals surface area contributed by atoms with Crippen molar-refractivity contribution in [3.8, 4) is 16.9 Å². The van der Waals surface area contributed by atoms with Crippen molar-refractivity contribution in [2.75, 3.05) is 0 Å². The molecule has 3 nitrogen and oxygen atoms in total. The normalized spacial score (nSPS) is 11.6. The largest absolute Gasteiger partial charge is 0.313 e. The van der Waals surface area contributed by atoms with E-state index in [4.69, 9.17) is 0 Å². The average molecular weight is 338 g/mol. The Morgan fingerprint density at radius 2 is 1.65 bits per heavy atom. The second-order valence-electron chi connectivity index (χ2n) is 6.92. The van der Waals surface area contributed by atoms with E-state index in [1.165, 1.54) is 5.56 Å². The second kappa shape index (κ2) is 5.33. The molecule has 2 aliphatic rings. The van der Waals surface area contributed by atoms with Crippen LogP contribution in [0.25, 0.3) is 33.2 Å². The first-order chi connectivity index (χ1) is 12.6. The van der Waals surface area contributed by atoms with Crippen molar-refractivity contribution in [1.82, 2.24) is 8.97 Å². The number of aromatic nitrogens is 2. The van der Waals surface area contributed by atoms with Crippen LogP contribution in [-0.2, 0) is 0 Å². The Morgan fingerprint density at radius 3 is 2.50 bits per heavy atom. The molecule has 0 fully saturated rings. The maximum atomic E-state index is 13.1. The third-order valence-electron chi connectivity index (χ3n) is 5.03. The van der Waals surface area contributed by atoms with E-state index in [2.05, 4.69) is 53.9 Å². The minimum Gasteiger partial charge on any atom is -0.313 e. The first-order valence-electron chi connectivity index (χ1n) is 8.75. The molecule has 0 unspecified atom stereocenters. The Hall–Kier alpha value is -3.33. The maximum Gasteiger partial charge on any atom is 0.263 e. The molecule has 5 rings (SSSR count). The van der Waals surface area contributed by atoms with Crippen LogP contribution >= 0.6 is 0 Å². The summed E-state index contributed by atoms with van der Waals surface area (Å²) in [6.45, 7) is 4.11. The molecule has 0 bridgehead atoms. The molecule has 2 aromatic carbocycles. The zero-order valence-electron chi connectivity index (χ0n) is 14.7. The zero-order chi connectivity index (χ0) is 17.8. The molecule has 3 aromatic rings. The van der Waals surface area contributed by atoms with Crippen molar-refractivity contribution in [2.45, 2.75) is 13.8 Å². The van der Waals surface area contributed by atoms with Crippen LogP contribution in [0.5, 0.6) is 0 Å². The van der Waals surface area contributed by atoms with Crippen LogP contribution in [-0.4, -0.2) is 8.97 Å².